The smallest absolute Gasteiger partial charge is 0.244 e. The van der Waals surface area contributed by atoms with E-state index in [9.17, 15) is 12.8 Å². The molecule has 10 heteroatoms. The Bertz CT molecular complexity index is 736. The highest BCUT2D eigenvalue weighted by Gasteiger charge is 2.25. The highest BCUT2D eigenvalue weighted by molar-refractivity contribution is 9.10. The zero-order valence-corrected chi connectivity index (χ0v) is 13.2. The second kappa shape index (κ2) is 6.18. The van der Waals surface area contributed by atoms with E-state index in [-0.39, 0.29) is 5.56 Å². The lowest BCUT2D eigenvalue weighted by atomic mass is 10.2. The Balaban J connectivity index is 2.38. The second-order valence-corrected chi connectivity index (χ2v) is 6.85. The molecular weight excluding hydrogens is 367 g/mol. The van der Waals surface area contributed by atoms with Gasteiger partial charge in [0.2, 0.25) is 10.0 Å². The van der Waals surface area contributed by atoms with Gasteiger partial charge in [-0.15, -0.1) is 0 Å². The standard InChI is InChI=1S/C11H12BrFN4O3S/c1-6(11-14-5-15-16-11)17-21(19,20)9-3-8(12)2-7(4-18)10(9)13/h2-3,5-6,17-18H,4H2,1H3,(H,14,15,16). The molecule has 0 bridgehead atoms. The van der Waals surface area contributed by atoms with E-state index < -0.39 is 33.4 Å². The molecule has 0 fully saturated rings. The van der Waals surface area contributed by atoms with Crippen LogP contribution in [0, 0.1) is 5.82 Å². The zero-order chi connectivity index (χ0) is 15.6. The van der Waals surface area contributed by atoms with E-state index in [0.717, 1.165) is 6.07 Å². The highest BCUT2D eigenvalue weighted by atomic mass is 79.9. The van der Waals surface area contributed by atoms with Crippen molar-refractivity contribution >= 4 is 26.0 Å². The number of aromatic amines is 1. The van der Waals surface area contributed by atoms with E-state index in [1.54, 1.807) is 6.92 Å². The fraction of sp³-hybridized carbons (Fsp3) is 0.273. The maximum atomic E-state index is 14.1. The number of hydrogen-bond donors (Lipinski definition) is 3. The summed E-state index contributed by atoms with van der Waals surface area (Å²) in [6.07, 6.45) is 1.24. The van der Waals surface area contributed by atoms with Crippen LogP contribution < -0.4 is 4.72 Å². The normalized spacial score (nSPS) is 13.3. The molecule has 7 nitrogen and oxygen atoms in total. The fourth-order valence-corrected chi connectivity index (χ4v) is 3.71. The molecule has 0 saturated heterocycles. The Morgan fingerprint density at radius 1 is 1.52 bits per heavy atom. The number of aromatic nitrogens is 3. The largest absolute Gasteiger partial charge is 0.392 e. The van der Waals surface area contributed by atoms with Crippen molar-refractivity contribution in [2.24, 2.45) is 0 Å². The molecule has 2 aromatic rings. The van der Waals surface area contributed by atoms with Crippen LogP contribution >= 0.6 is 15.9 Å². The third-order valence-corrected chi connectivity index (χ3v) is 4.71. The van der Waals surface area contributed by atoms with Crippen LogP contribution in [0.3, 0.4) is 0 Å². The molecule has 2 rings (SSSR count). The van der Waals surface area contributed by atoms with Gasteiger partial charge in [0.15, 0.2) is 0 Å². The molecule has 0 saturated carbocycles. The third kappa shape index (κ3) is 3.46. The molecule has 0 spiro atoms. The molecule has 114 valence electrons. The first-order valence-corrected chi connectivity index (χ1v) is 8.09. The van der Waals surface area contributed by atoms with Gasteiger partial charge in [0.1, 0.15) is 22.9 Å². The monoisotopic (exact) mass is 378 g/mol. The van der Waals surface area contributed by atoms with Crippen LogP contribution in [0.4, 0.5) is 4.39 Å². The average molecular weight is 379 g/mol. The first-order valence-electron chi connectivity index (χ1n) is 5.81. The molecule has 1 aromatic carbocycles. The lowest BCUT2D eigenvalue weighted by Crippen LogP contribution is -2.28. The summed E-state index contributed by atoms with van der Waals surface area (Å²) in [5.41, 5.74) is -0.114. The summed E-state index contributed by atoms with van der Waals surface area (Å²) in [6, 6.07) is 1.73. The lowest BCUT2D eigenvalue weighted by molar-refractivity contribution is 0.274. The summed E-state index contributed by atoms with van der Waals surface area (Å²) < 4.78 is 41.3. The minimum atomic E-state index is -4.13. The molecule has 21 heavy (non-hydrogen) atoms. The Hall–Kier alpha value is -1.36. The molecule has 3 N–H and O–H groups in total. The third-order valence-electron chi connectivity index (χ3n) is 2.71. The summed E-state index contributed by atoms with van der Waals surface area (Å²) in [5.74, 6) is -0.686. The van der Waals surface area contributed by atoms with Crippen LogP contribution in [0.5, 0.6) is 0 Å². The molecule has 0 radical (unpaired) electrons. The summed E-state index contributed by atoms with van der Waals surface area (Å²) >= 11 is 3.09. The zero-order valence-electron chi connectivity index (χ0n) is 10.8. The van der Waals surface area contributed by atoms with Crippen LogP contribution in [0.2, 0.25) is 0 Å². The number of aliphatic hydroxyl groups excluding tert-OH is 1. The Kier molecular flexibility index (Phi) is 4.71. The number of H-pyrrole nitrogens is 1. The highest BCUT2D eigenvalue weighted by Crippen LogP contribution is 2.25. The number of aliphatic hydroxyl groups is 1. The predicted octanol–water partition coefficient (Wildman–Crippen LogP) is 1.24. The van der Waals surface area contributed by atoms with E-state index in [1.165, 1.54) is 12.4 Å². The maximum Gasteiger partial charge on any atom is 0.244 e. The minimum Gasteiger partial charge on any atom is -0.392 e. The van der Waals surface area contributed by atoms with Gasteiger partial charge in [-0.05, 0) is 19.1 Å². The molecule has 1 atom stereocenters. The van der Waals surface area contributed by atoms with Gasteiger partial charge in [0.05, 0.1) is 12.6 Å². The molecule has 1 aromatic heterocycles. The van der Waals surface area contributed by atoms with Crippen molar-refractivity contribution in [3.63, 3.8) is 0 Å². The van der Waals surface area contributed by atoms with Gasteiger partial charge in [-0.25, -0.2) is 22.5 Å². The predicted molar refractivity (Wildman–Crippen MR) is 75.1 cm³/mol. The number of sulfonamides is 1. The van der Waals surface area contributed by atoms with Gasteiger partial charge < -0.3 is 5.11 Å². The average Bonchev–Trinajstić information content (AvgIpc) is 2.94. The SMILES string of the molecule is CC(NS(=O)(=O)c1cc(Br)cc(CO)c1F)c1ncn[nH]1. The van der Waals surface area contributed by atoms with Gasteiger partial charge in [-0.3, -0.25) is 5.10 Å². The number of nitrogens with zero attached hydrogens (tertiary/aromatic N) is 2. The van der Waals surface area contributed by atoms with Crippen molar-refractivity contribution in [1.29, 1.82) is 0 Å². The number of benzene rings is 1. The van der Waals surface area contributed by atoms with Gasteiger partial charge in [-0.1, -0.05) is 15.9 Å². The molecule has 0 aliphatic carbocycles. The van der Waals surface area contributed by atoms with Crippen molar-refractivity contribution < 1.29 is 17.9 Å². The Morgan fingerprint density at radius 2 is 2.24 bits per heavy atom. The first kappa shape index (κ1) is 16.0. The Morgan fingerprint density at radius 3 is 2.81 bits per heavy atom. The maximum absolute atomic E-state index is 14.1. The number of nitrogens with one attached hydrogen (secondary N) is 2. The minimum absolute atomic E-state index is 0.114. The van der Waals surface area contributed by atoms with Gasteiger partial charge >= 0.3 is 0 Å². The van der Waals surface area contributed by atoms with E-state index >= 15 is 0 Å². The quantitative estimate of drug-likeness (QED) is 0.725. The van der Waals surface area contributed by atoms with Crippen molar-refractivity contribution in [3.8, 4) is 0 Å². The number of hydrogen-bond acceptors (Lipinski definition) is 5. The van der Waals surface area contributed by atoms with Gasteiger partial charge in [0, 0.05) is 10.0 Å². The number of rotatable bonds is 5. The van der Waals surface area contributed by atoms with Crippen LogP contribution in [0.1, 0.15) is 24.4 Å². The summed E-state index contributed by atoms with van der Waals surface area (Å²) in [6.45, 7) is 0.937. The van der Waals surface area contributed by atoms with Crippen molar-refractivity contribution in [3.05, 3.63) is 40.1 Å². The summed E-state index contributed by atoms with van der Waals surface area (Å²) in [7, 11) is -4.13. The van der Waals surface area contributed by atoms with E-state index in [2.05, 4.69) is 35.8 Å². The van der Waals surface area contributed by atoms with Gasteiger partial charge in [0.25, 0.3) is 0 Å². The van der Waals surface area contributed by atoms with Crippen LogP contribution in [-0.4, -0.2) is 28.7 Å². The molecule has 0 aliphatic heterocycles. The van der Waals surface area contributed by atoms with E-state index in [1.807, 2.05) is 0 Å². The molecule has 1 unspecified atom stereocenters. The molecular formula is C11H12BrFN4O3S. The van der Waals surface area contributed by atoms with Crippen LogP contribution in [0.15, 0.2) is 27.8 Å². The summed E-state index contributed by atoms with van der Waals surface area (Å²) in [5, 5.41) is 15.2. The first-order chi connectivity index (χ1) is 9.85. The van der Waals surface area contributed by atoms with E-state index in [4.69, 9.17) is 5.11 Å². The van der Waals surface area contributed by atoms with Gasteiger partial charge in [-0.2, -0.15) is 5.10 Å². The molecule has 0 aliphatic rings. The molecule has 1 heterocycles. The van der Waals surface area contributed by atoms with Crippen LogP contribution in [0.25, 0.3) is 0 Å². The topological polar surface area (TPSA) is 108 Å². The molecule has 0 amide bonds. The van der Waals surface area contributed by atoms with Crippen LogP contribution in [-0.2, 0) is 16.6 Å². The fourth-order valence-electron chi connectivity index (χ4n) is 1.70. The lowest BCUT2D eigenvalue weighted by Gasteiger charge is -2.14. The van der Waals surface area contributed by atoms with E-state index in [0.29, 0.717) is 10.3 Å². The Labute approximate surface area is 128 Å². The number of halogens is 2. The van der Waals surface area contributed by atoms with Crippen molar-refractivity contribution in [2.75, 3.05) is 0 Å². The van der Waals surface area contributed by atoms with Crippen molar-refractivity contribution in [1.82, 2.24) is 19.9 Å². The van der Waals surface area contributed by atoms with Crippen molar-refractivity contribution in [2.45, 2.75) is 24.5 Å². The summed E-state index contributed by atoms with van der Waals surface area (Å²) in [4.78, 5) is 3.28. The second-order valence-electron chi connectivity index (χ2n) is 4.25.